The zero-order valence-electron chi connectivity index (χ0n) is 19.5. The van der Waals surface area contributed by atoms with Crippen molar-refractivity contribution in [1.29, 1.82) is 0 Å². The molecule has 0 aliphatic heterocycles. The third-order valence-electron chi connectivity index (χ3n) is 4.09. The topological polar surface area (TPSA) is 68.4 Å². The molecule has 5 nitrogen and oxygen atoms in total. The summed E-state index contributed by atoms with van der Waals surface area (Å²) in [7, 11) is 0. The van der Waals surface area contributed by atoms with Crippen LogP contribution in [0.15, 0.2) is 0 Å². The highest BCUT2D eigenvalue weighted by atomic mass is 16.9. The van der Waals surface area contributed by atoms with Gasteiger partial charge in [0.25, 0.3) is 0 Å². The Morgan fingerprint density at radius 3 is 1.89 bits per heavy atom. The Morgan fingerprint density at radius 2 is 1.44 bits per heavy atom. The lowest BCUT2D eigenvalue weighted by atomic mass is 10.1. The molecule has 0 radical (unpaired) electrons. The van der Waals surface area contributed by atoms with Gasteiger partial charge in [0.2, 0.25) is 0 Å². The largest absolute Gasteiger partial charge is 0.412 e. The van der Waals surface area contributed by atoms with Gasteiger partial charge in [-0.2, -0.15) is 0 Å². The van der Waals surface area contributed by atoms with Crippen LogP contribution in [0, 0.1) is 0 Å². The fourth-order valence-electron chi connectivity index (χ4n) is 2.71. The maximum Gasteiger partial charge on any atom is 0.311 e. The molecule has 0 spiro atoms. The first-order valence-corrected chi connectivity index (χ1v) is 10.8. The predicted molar refractivity (Wildman–Crippen MR) is 113 cm³/mol. The first-order valence-electron chi connectivity index (χ1n) is 10.8. The summed E-state index contributed by atoms with van der Waals surface area (Å²) in [6, 6.07) is 0. The van der Waals surface area contributed by atoms with E-state index in [1.54, 1.807) is 0 Å². The van der Waals surface area contributed by atoms with Gasteiger partial charge in [-0.1, -0.05) is 46.5 Å². The van der Waals surface area contributed by atoms with Crippen molar-refractivity contribution in [3.05, 3.63) is 0 Å². The van der Waals surface area contributed by atoms with Gasteiger partial charge in [0, 0.05) is 0 Å². The molecule has 0 aromatic rings. The lowest BCUT2D eigenvalue weighted by molar-refractivity contribution is -0.450. The minimum absolute atomic E-state index is 0. The number of ether oxygens (including phenoxy) is 4. The van der Waals surface area contributed by atoms with Crippen molar-refractivity contribution in [2.24, 2.45) is 0 Å². The lowest BCUT2D eigenvalue weighted by Crippen LogP contribution is -2.56. The molecular formula is C22H48O5. The van der Waals surface area contributed by atoms with E-state index in [1.165, 1.54) is 12.8 Å². The highest BCUT2D eigenvalue weighted by Crippen LogP contribution is 2.34. The lowest BCUT2D eigenvalue weighted by Gasteiger charge is -2.45. The molecule has 0 fully saturated rings. The molecule has 0 amide bonds. The van der Waals surface area contributed by atoms with E-state index in [2.05, 4.69) is 41.5 Å². The molecule has 0 aliphatic carbocycles. The molecule has 0 heterocycles. The summed E-state index contributed by atoms with van der Waals surface area (Å²) in [5, 5.41) is 0. The smallest absolute Gasteiger partial charge is 0.311 e. The van der Waals surface area contributed by atoms with Gasteiger partial charge in [0.15, 0.2) is 0 Å². The summed E-state index contributed by atoms with van der Waals surface area (Å²) in [5.41, 5.74) is -0.400. The Hall–Kier alpha value is -0.200. The fourth-order valence-corrected chi connectivity index (χ4v) is 2.71. The summed E-state index contributed by atoms with van der Waals surface area (Å²) >= 11 is 0. The Bertz CT molecular complexity index is 340. The molecule has 0 saturated heterocycles. The zero-order chi connectivity index (χ0) is 20.2. The Kier molecular flexibility index (Phi) is 15.8. The molecule has 0 aromatic carbocycles. The summed E-state index contributed by atoms with van der Waals surface area (Å²) < 4.78 is 25.6. The van der Waals surface area contributed by atoms with E-state index >= 15 is 0 Å². The van der Waals surface area contributed by atoms with Crippen molar-refractivity contribution in [3.8, 4) is 0 Å². The van der Waals surface area contributed by atoms with Crippen LogP contribution < -0.4 is 0 Å². The van der Waals surface area contributed by atoms with Crippen LogP contribution in [-0.4, -0.2) is 42.0 Å². The van der Waals surface area contributed by atoms with Gasteiger partial charge in [-0.05, 0) is 60.8 Å². The molecule has 0 bridgehead atoms. The van der Waals surface area contributed by atoms with Crippen LogP contribution in [0.4, 0.5) is 0 Å². The molecule has 5 heteroatoms. The van der Waals surface area contributed by atoms with Gasteiger partial charge in [0.05, 0.1) is 24.4 Å². The highest BCUT2D eigenvalue weighted by molar-refractivity contribution is 4.79. The monoisotopic (exact) mass is 392 g/mol. The van der Waals surface area contributed by atoms with Crippen molar-refractivity contribution in [2.75, 3.05) is 6.61 Å². The van der Waals surface area contributed by atoms with Gasteiger partial charge < -0.3 is 24.4 Å². The molecule has 3 unspecified atom stereocenters. The molecule has 0 aromatic heterocycles. The average molecular weight is 393 g/mol. The van der Waals surface area contributed by atoms with Crippen molar-refractivity contribution < 1.29 is 24.4 Å². The maximum atomic E-state index is 6.47. The number of unbranched alkanes of at least 4 members (excludes halogenated alkanes) is 3. The number of hydrogen-bond acceptors (Lipinski definition) is 4. The summed E-state index contributed by atoms with van der Waals surface area (Å²) in [6.07, 6.45) is 7.09. The second kappa shape index (κ2) is 14.7. The quantitative estimate of drug-likeness (QED) is 0.267. The van der Waals surface area contributed by atoms with Crippen molar-refractivity contribution in [1.82, 2.24) is 0 Å². The molecule has 3 atom stereocenters. The van der Waals surface area contributed by atoms with Gasteiger partial charge >= 0.3 is 5.97 Å². The Labute approximate surface area is 168 Å². The van der Waals surface area contributed by atoms with Crippen LogP contribution in [0.2, 0.25) is 0 Å². The van der Waals surface area contributed by atoms with Crippen LogP contribution in [0.5, 0.6) is 0 Å². The van der Waals surface area contributed by atoms with E-state index in [4.69, 9.17) is 18.9 Å². The van der Waals surface area contributed by atoms with Crippen LogP contribution in [-0.2, 0) is 18.9 Å². The number of hydrogen-bond donors (Lipinski definition) is 0. The van der Waals surface area contributed by atoms with E-state index < -0.39 is 11.6 Å². The molecule has 2 N–H and O–H groups in total. The van der Waals surface area contributed by atoms with Crippen LogP contribution in [0.3, 0.4) is 0 Å². The molecule has 0 saturated carbocycles. The second-order valence-corrected chi connectivity index (χ2v) is 8.53. The standard InChI is InChI=1S/C22H46O4.H2O/c1-10-13-15-16-20(24-18(4)5)22(23-17-14-11-2,25-19(6)12-3)26-21(7,8)9;/h18-20H,10-17H2,1-9H3;1H2. The molecule has 0 aliphatic rings. The first-order chi connectivity index (χ1) is 12.1. The van der Waals surface area contributed by atoms with Crippen molar-refractivity contribution in [3.63, 3.8) is 0 Å². The third kappa shape index (κ3) is 12.8. The van der Waals surface area contributed by atoms with Crippen LogP contribution in [0.25, 0.3) is 0 Å². The molecular weight excluding hydrogens is 344 g/mol. The van der Waals surface area contributed by atoms with E-state index in [1.807, 2.05) is 20.8 Å². The van der Waals surface area contributed by atoms with Gasteiger partial charge in [-0.15, -0.1) is 0 Å². The van der Waals surface area contributed by atoms with E-state index in [0.29, 0.717) is 6.61 Å². The van der Waals surface area contributed by atoms with E-state index in [9.17, 15) is 0 Å². The maximum absolute atomic E-state index is 6.47. The normalized spacial score (nSPS) is 16.7. The molecule has 27 heavy (non-hydrogen) atoms. The van der Waals surface area contributed by atoms with Crippen LogP contribution in [0.1, 0.15) is 107 Å². The molecule has 166 valence electrons. The first kappa shape index (κ1) is 29.0. The van der Waals surface area contributed by atoms with E-state index in [-0.39, 0.29) is 23.8 Å². The van der Waals surface area contributed by atoms with Gasteiger partial charge in [-0.25, -0.2) is 0 Å². The average Bonchev–Trinajstić information content (AvgIpc) is 2.52. The summed E-state index contributed by atoms with van der Waals surface area (Å²) in [4.78, 5) is 0. The predicted octanol–water partition coefficient (Wildman–Crippen LogP) is 5.64. The summed E-state index contributed by atoms with van der Waals surface area (Å²) in [6.45, 7) is 19.4. The SMILES string of the molecule is CCCCCC(OC(C)C)C(OCCCC)(OC(C)CC)OC(C)(C)C.O. The van der Waals surface area contributed by atoms with E-state index in [0.717, 1.165) is 32.1 Å². The number of rotatable bonds is 15. The van der Waals surface area contributed by atoms with Crippen molar-refractivity contribution in [2.45, 2.75) is 137 Å². The highest BCUT2D eigenvalue weighted by Gasteiger charge is 2.48. The fraction of sp³-hybridized carbons (Fsp3) is 1.00. The van der Waals surface area contributed by atoms with Gasteiger partial charge in [0.1, 0.15) is 6.10 Å². The molecule has 0 rings (SSSR count). The van der Waals surface area contributed by atoms with Gasteiger partial charge in [-0.3, -0.25) is 0 Å². The summed E-state index contributed by atoms with van der Waals surface area (Å²) in [5.74, 6) is -1.17. The van der Waals surface area contributed by atoms with Crippen LogP contribution >= 0.6 is 0 Å². The third-order valence-corrected chi connectivity index (χ3v) is 4.09. The zero-order valence-corrected chi connectivity index (χ0v) is 19.5. The minimum Gasteiger partial charge on any atom is -0.412 e. The Balaban J connectivity index is 0. The minimum atomic E-state index is -1.17. The van der Waals surface area contributed by atoms with Crippen molar-refractivity contribution >= 4 is 0 Å². The second-order valence-electron chi connectivity index (χ2n) is 8.53. The Morgan fingerprint density at radius 1 is 0.852 bits per heavy atom.